The summed E-state index contributed by atoms with van der Waals surface area (Å²) >= 11 is 5.36. The summed E-state index contributed by atoms with van der Waals surface area (Å²) in [6.45, 7) is 5.08. The Hall–Kier alpha value is 0.1000. The van der Waals surface area contributed by atoms with Gasteiger partial charge in [0.05, 0.1) is 6.61 Å². The maximum absolute atomic E-state index is 5.61. The van der Waals surface area contributed by atoms with Gasteiger partial charge in [0, 0.05) is 27.4 Å². The SMILES string of the molecule is CCNC(Cc1cc(Br)cs1)C1CCCOC1. The molecule has 2 heterocycles. The van der Waals surface area contributed by atoms with Gasteiger partial charge in [-0.3, -0.25) is 0 Å². The van der Waals surface area contributed by atoms with Crippen molar-refractivity contribution in [1.82, 2.24) is 5.32 Å². The maximum Gasteiger partial charge on any atom is 0.0509 e. The molecule has 1 aliphatic heterocycles. The summed E-state index contributed by atoms with van der Waals surface area (Å²) in [6.07, 6.45) is 3.63. The van der Waals surface area contributed by atoms with Gasteiger partial charge in [-0.05, 0) is 53.7 Å². The van der Waals surface area contributed by atoms with Crippen LogP contribution in [0, 0.1) is 5.92 Å². The molecule has 4 heteroatoms. The van der Waals surface area contributed by atoms with Crippen LogP contribution >= 0.6 is 27.3 Å². The first-order chi connectivity index (χ1) is 8.29. The predicted octanol–water partition coefficient (Wildman–Crippen LogP) is 3.46. The average Bonchev–Trinajstić information content (AvgIpc) is 2.75. The lowest BCUT2D eigenvalue weighted by atomic mass is 9.91. The Balaban J connectivity index is 1.95. The second-order valence-electron chi connectivity index (χ2n) is 4.58. The zero-order chi connectivity index (χ0) is 12.1. The van der Waals surface area contributed by atoms with Gasteiger partial charge in [-0.15, -0.1) is 11.3 Å². The highest BCUT2D eigenvalue weighted by Crippen LogP contribution is 2.25. The molecule has 0 amide bonds. The summed E-state index contributed by atoms with van der Waals surface area (Å²) in [7, 11) is 0. The van der Waals surface area contributed by atoms with Gasteiger partial charge in [0.2, 0.25) is 0 Å². The van der Waals surface area contributed by atoms with Crippen molar-refractivity contribution in [1.29, 1.82) is 0 Å². The second kappa shape index (κ2) is 6.88. The Kier molecular flexibility index (Phi) is 5.48. The number of halogens is 1. The van der Waals surface area contributed by atoms with Crippen LogP contribution in [0.4, 0.5) is 0 Å². The zero-order valence-corrected chi connectivity index (χ0v) is 12.6. The third kappa shape index (κ3) is 4.05. The van der Waals surface area contributed by atoms with E-state index in [1.807, 2.05) is 11.3 Å². The number of thiophene rings is 1. The third-order valence-electron chi connectivity index (χ3n) is 3.27. The van der Waals surface area contributed by atoms with Crippen molar-refractivity contribution in [2.24, 2.45) is 5.92 Å². The van der Waals surface area contributed by atoms with Crippen molar-refractivity contribution in [3.63, 3.8) is 0 Å². The first-order valence-corrected chi connectivity index (χ1v) is 8.01. The van der Waals surface area contributed by atoms with Crippen LogP contribution in [0.15, 0.2) is 15.9 Å². The van der Waals surface area contributed by atoms with Gasteiger partial charge in [0.25, 0.3) is 0 Å². The smallest absolute Gasteiger partial charge is 0.0509 e. The number of hydrogen-bond donors (Lipinski definition) is 1. The van der Waals surface area contributed by atoms with Crippen molar-refractivity contribution in [3.05, 3.63) is 20.8 Å². The average molecular weight is 318 g/mol. The van der Waals surface area contributed by atoms with Gasteiger partial charge in [-0.1, -0.05) is 6.92 Å². The van der Waals surface area contributed by atoms with Gasteiger partial charge < -0.3 is 10.1 Å². The second-order valence-corrected chi connectivity index (χ2v) is 6.49. The summed E-state index contributed by atoms with van der Waals surface area (Å²) in [6, 6.07) is 2.80. The van der Waals surface area contributed by atoms with Gasteiger partial charge >= 0.3 is 0 Å². The molecule has 0 saturated carbocycles. The molecule has 1 N–H and O–H groups in total. The van der Waals surface area contributed by atoms with E-state index in [-0.39, 0.29) is 0 Å². The third-order valence-corrected chi connectivity index (χ3v) is 4.99. The number of rotatable bonds is 5. The van der Waals surface area contributed by atoms with Gasteiger partial charge in [0.15, 0.2) is 0 Å². The van der Waals surface area contributed by atoms with Crippen molar-refractivity contribution in [2.75, 3.05) is 19.8 Å². The molecular weight excluding hydrogens is 298 g/mol. The molecule has 1 aromatic rings. The first-order valence-electron chi connectivity index (χ1n) is 6.33. The fraction of sp³-hybridized carbons (Fsp3) is 0.692. The minimum atomic E-state index is 0.561. The molecule has 17 heavy (non-hydrogen) atoms. The lowest BCUT2D eigenvalue weighted by Gasteiger charge is -2.30. The van der Waals surface area contributed by atoms with Crippen LogP contribution in [0.5, 0.6) is 0 Å². The molecule has 2 nitrogen and oxygen atoms in total. The number of ether oxygens (including phenoxy) is 1. The van der Waals surface area contributed by atoms with Crippen molar-refractivity contribution >= 4 is 27.3 Å². The van der Waals surface area contributed by atoms with E-state index in [0.717, 1.165) is 26.2 Å². The van der Waals surface area contributed by atoms with Crippen LogP contribution in [0.3, 0.4) is 0 Å². The number of nitrogens with one attached hydrogen (secondary N) is 1. The lowest BCUT2D eigenvalue weighted by molar-refractivity contribution is 0.0397. The Labute approximate surface area is 116 Å². The fourth-order valence-electron chi connectivity index (χ4n) is 2.43. The van der Waals surface area contributed by atoms with Crippen LogP contribution in [0.1, 0.15) is 24.6 Å². The topological polar surface area (TPSA) is 21.3 Å². The van der Waals surface area contributed by atoms with E-state index >= 15 is 0 Å². The molecule has 0 spiro atoms. The highest BCUT2D eigenvalue weighted by Gasteiger charge is 2.24. The van der Waals surface area contributed by atoms with Gasteiger partial charge in [-0.2, -0.15) is 0 Å². The summed E-state index contributed by atoms with van der Waals surface area (Å²) in [5.74, 6) is 0.671. The van der Waals surface area contributed by atoms with E-state index in [4.69, 9.17) is 4.74 Å². The van der Waals surface area contributed by atoms with Crippen LogP contribution in [-0.2, 0) is 11.2 Å². The Morgan fingerprint density at radius 1 is 1.65 bits per heavy atom. The first kappa shape index (κ1) is 13.5. The van der Waals surface area contributed by atoms with E-state index in [9.17, 15) is 0 Å². The summed E-state index contributed by atoms with van der Waals surface area (Å²) in [4.78, 5) is 1.45. The minimum Gasteiger partial charge on any atom is -0.381 e. The van der Waals surface area contributed by atoms with Crippen LogP contribution in [0.25, 0.3) is 0 Å². The molecule has 2 unspecified atom stereocenters. The lowest BCUT2D eigenvalue weighted by Crippen LogP contribution is -2.41. The Bertz CT molecular complexity index is 336. The highest BCUT2D eigenvalue weighted by atomic mass is 79.9. The number of hydrogen-bond acceptors (Lipinski definition) is 3. The summed E-state index contributed by atoms with van der Waals surface area (Å²) in [5.41, 5.74) is 0. The van der Waals surface area contributed by atoms with Gasteiger partial charge in [0.1, 0.15) is 0 Å². The molecule has 2 atom stereocenters. The highest BCUT2D eigenvalue weighted by molar-refractivity contribution is 9.10. The molecule has 1 saturated heterocycles. The van der Waals surface area contributed by atoms with E-state index in [0.29, 0.717) is 12.0 Å². The number of likely N-dealkylation sites (N-methyl/N-ethyl adjacent to an activating group) is 1. The molecule has 1 aromatic heterocycles. The quantitative estimate of drug-likeness (QED) is 0.898. The standard InChI is InChI=1S/C13H20BrNOS/c1-2-15-13(10-4-3-5-16-8-10)7-12-6-11(14)9-17-12/h6,9-10,13,15H,2-5,7-8H2,1H3. The van der Waals surface area contributed by atoms with Gasteiger partial charge in [-0.25, -0.2) is 0 Å². The van der Waals surface area contributed by atoms with E-state index < -0.39 is 0 Å². The van der Waals surface area contributed by atoms with Crippen molar-refractivity contribution < 1.29 is 4.74 Å². The van der Waals surface area contributed by atoms with Crippen LogP contribution < -0.4 is 5.32 Å². The molecule has 0 bridgehead atoms. The predicted molar refractivity (Wildman–Crippen MR) is 76.7 cm³/mol. The van der Waals surface area contributed by atoms with Crippen LogP contribution in [0.2, 0.25) is 0 Å². The molecule has 96 valence electrons. The summed E-state index contributed by atoms with van der Waals surface area (Å²) < 4.78 is 6.81. The van der Waals surface area contributed by atoms with E-state index in [2.05, 4.69) is 39.6 Å². The largest absolute Gasteiger partial charge is 0.381 e. The maximum atomic E-state index is 5.61. The van der Waals surface area contributed by atoms with Crippen molar-refractivity contribution in [3.8, 4) is 0 Å². The minimum absolute atomic E-state index is 0.561. The molecule has 0 radical (unpaired) electrons. The molecule has 2 rings (SSSR count). The normalized spacial score (nSPS) is 22.6. The molecular formula is C13H20BrNOS. The monoisotopic (exact) mass is 317 g/mol. The molecule has 1 fully saturated rings. The summed E-state index contributed by atoms with van der Waals surface area (Å²) in [5, 5.41) is 5.78. The zero-order valence-electron chi connectivity index (χ0n) is 10.2. The molecule has 0 aromatic carbocycles. The van der Waals surface area contributed by atoms with Crippen LogP contribution in [-0.4, -0.2) is 25.8 Å². The molecule has 1 aliphatic rings. The van der Waals surface area contributed by atoms with Crippen molar-refractivity contribution in [2.45, 2.75) is 32.2 Å². The Morgan fingerprint density at radius 3 is 3.12 bits per heavy atom. The van der Waals surface area contributed by atoms with E-state index in [1.165, 1.54) is 22.2 Å². The van der Waals surface area contributed by atoms with E-state index in [1.54, 1.807) is 0 Å². The fourth-order valence-corrected chi connectivity index (χ4v) is 3.94. The molecule has 0 aliphatic carbocycles. The Morgan fingerprint density at radius 2 is 2.53 bits per heavy atom.